The van der Waals surface area contributed by atoms with Crippen LogP contribution < -0.4 is 10.7 Å². The molecule has 0 aliphatic heterocycles. The number of hydrogen-bond donors (Lipinski definition) is 3. The molecule has 0 saturated heterocycles. The fraction of sp³-hybridized carbons (Fsp3) is 0. The van der Waals surface area contributed by atoms with Crippen molar-refractivity contribution in [1.29, 1.82) is 0 Å². The third-order valence-corrected chi connectivity index (χ3v) is 4.77. The first-order chi connectivity index (χ1) is 14.9. The van der Waals surface area contributed by atoms with Gasteiger partial charge < -0.3 is 10.4 Å². The van der Waals surface area contributed by atoms with Crippen molar-refractivity contribution in [2.75, 3.05) is 0 Å². The zero-order valence-corrected chi connectivity index (χ0v) is 16.7. The van der Waals surface area contributed by atoms with Crippen molar-refractivity contribution in [2.45, 2.75) is 0 Å². The van der Waals surface area contributed by atoms with E-state index in [2.05, 4.69) is 15.8 Å². The number of phenolic OH excluding ortho intramolecular Hbond substituents is 1. The van der Waals surface area contributed by atoms with Crippen molar-refractivity contribution in [3.8, 4) is 5.75 Å². The Hall–Kier alpha value is -4.31. The highest BCUT2D eigenvalue weighted by atomic mass is 32.1. The summed E-state index contributed by atoms with van der Waals surface area (Å²) in [5.74, 6) is -1.42. The highest BCUT2D eigenvalue weighted by Crippen LogP contribution is 2.21. The predicted octanol–water partition coefficient (Wildman–Crippen LogP) is 3.28. The third kappa shape index (κ3) is 5.84. The van der Waals surface area contributed by atoms with Gasteiger partial charge in [0.25, 0.3) is 17.5 Å². The molecule has 2 amide bonds. The van der Waals surface area contributed by atoms with Crippen molar-refractivity contribution in [3.63, 3.8) is 0 Å². The summed E-state index contributed by atoms with van der Waals surface area (Å²) in [5.41, 5.74) is 2.39. The minimum Gasteiger partial charge on any atom is -0.507 e. The van der Waals surface area contributed by atoms with Crippen LogP contribution in [0.3, 0.4) is 0 Å². The topological polar surface area (TPSA) is 134 Å². The molecule has 0 aliphatic rings. The van der Waals surface area contributed by atoms with Crippen LogP contribution in [0, 0.1) is 10.1 Å². The van der Waals surface area contributed by atoms with E-state index in [-0.39, 0.29) is 22.7 Å². The Morgan fingerprint density at radius 1 is 1.10 bits per heavy atom. The van der Waals surface area contributed by atoms with Gasteiger partial charge in [-0.25, -0.2) is 5.43 Å². The molecule has 10 heteroatoms. The van der Waals surface area contributed by atoms with E-state index in [9.17, 15) is 24.8 Å². The number of rotatable bonds is 7. The molecule has 3 aromatic rings. The van der Waals surface area contributed by atoms with Crippen LogP contribution in [0.5, 0.6) is 5.75 Å². The smallest absolute Gasteiger partial charge is 0.287 e. The predicted molar refractivity (Wildman–Crippen MR) is 117 cm³/mol. The number of phenols is 1. The Labute approximate surface area is 180 Å². The summed E-state index contributed by atoms with van der Waals surface area (Å²) in [4.78, 5) is 36.1. The number of hydrazone groups is 1. The molecule has 0 saturated carbocycles. The molecule has 0 atom stereocenters. The Balaban J connectivity index is 1.78. The van der Waals surface area contributed by atoms with E-state index < -0.39 is 16.7 Å². The molecule has 1 heterocycles. The Morgan fingerprint density at radius 2 is 1.87 bits per heavy atom. The van der Waals surface area contributed by atoms with E-state index in [1.54, 1.807) is 42.5 Å². The quantitative estimate of drug-likeness (QED) is 0.226. The summed E-state index contributed by atoms with van der Waals surface area (Å²) in [6.07, 6.45) is 2.57. The van der Waals surface area contributed by atoms with Crippen LogP contribution in [0.2, 0.25) is 0 Å². The third-order valence-electron chi connectivity index (χ3n) is 3.95. The first kappa shape index (κ1) is 21.4. The van der Waals surface area contributed by atoms with Crippen LogP contribution in [0.15, 0.2) is 76.8 Å². The molecule has 3 rings (SSSR count). The standard InChI is InChI=1S/C21H16N4O5S/c26-19-9-8-16(25(29)30)11-15(19)13-22-24-21(28)18(12-17-7-4-10-31-17)23-20(27)14-5-2-1-3-6-14/h1-13,26H,(H,23,27)(H,24,28)/b18-12?,22-13+. The maximum atomic E-state index is 12.6. The number of thiophene rings is 1. The van der Waals surface area contributed by atoms with Crippen LogP contribution in [0.1, 0.15) is 20.8 Å². The van der Waals surface area contributed by atoms with Crippen LogP contribution in [-0.4, -0.2) is 28.1 Å². The zero-order valence-electron chi connectivity index (χ0n) is 15.9. The number of aromatic hydroxyl groups is 1. The molecule has 31 heavy (non-hydrogen) atoms. The van der Waals surface area contributed by atoms with Crippen LogP contribution in [-0.2, 0) is 4.79 Å². The van der Waals surface area contributed by atoms with Gasteiger partial charge in [0, 0.05) is 28.1 Å². The molecular formula is C21H16N4O5S. The summed E-state index contributed by atoms with van der Waals surface area (Å²) in [6.45, 7) is 0. The van der Waals surface area contributed by atoms with Crippen molar-refractivity contribution in [1.82, 2.24) is 10.7 Å². The van der Waals surface area contributed by atoms with Gasteiger partial charge in [0.05, 0.1) is 11.1 Å². The summed E-state index contributed by atoms with van der Waals surface area (Å²) >= 11 is 1.38. The molecule has 3 N–H and O–H groups in total. The number of nitro groups is 1. The SMILES string of the molecule is O=C(N/N=C/c1cc([N+](=O)[O-])ccc1O)C(=Cc1cccs1)NC(=O)c1ccccc1. The number of hydrogen-bond acceptors (Lipinski definition) is 7. The summed E-state index contributed by atoms with van der Waals surface area (Å²) in [5, 5.41) is 28.8. The van der Waals surface area contributed by atoms with Gasteiger partial charge in [-0.05, 0) is 35.7 Å². The minimum atomic E-state index is -0.709. The van der Waals surface area contributed by atoms with Crippen molar-refractivity contribution in [2.24, 2.45) is 5.10 Å². The molecule has 2 aromatic carbocycles. The molecular weight excluding hydrogens is 420 g/mol. The van der Waals surface area contributed by atoms with E-state index in [1.807, 2.05) is 5.38 Å². The second kappa shape index (κ2) is 9.94. The van der Waals surface area contributed by atoms with Crippen molar-refractivity contribution < 1.29 is 19.6 Å². The van der Waals surface area contributed by atoms with Gasteiger partial charge in [0.15, 0.2) is 0 Å². The van der Waals surface area contributed by atoms with E-state index in [1.165, 1.54) is 17.4 Å². The molecule has 1 aromatic heterocycles. The van der Waals surface area contributed by atoms with Gasteiger partial charge >= 0.3 is 0 Å². The number of benzene rings is 2. The molecule has 0 radical (unpaired) electrons. The van der Waals surface area contributed by atoms with E-state index in [4.69, 9.17) is 0 Å². The zero-order chi connectivity index (χ0) is 22.2. The molecule has 0 unspecified atom stereocenters. The summed E-state index contributed by atoms with van der Waals surface area (Å²) in [6, 6.07) is 15.4. The number of nitrogens with zero attached hydrogens (tertiary/aromatic N) is 2. The Bertz CT molecular complexity index is 1160. The lowest BCUT2D eigenvalue weighted by Gasteiger charge is -2.08. The fourth-order valence-electron chi connectivity index (χ4n) is 2.44. The number of carbonyl (C=O) groups excluding carboxylic acids is 2. The minimum absolute atomic E-state index is 0.0447. The molecule has 0 spiro atoms. The largest absolute Gasteiger partial charge is 0.507 e. The lowest BCUT2D eigenvalue weighted by Crippen LogP contribution is -2.32. The monoisotopic (exact) mass is 436 g/mol. The van der Waals surface area contributed by atoms with Crippen LogP contribution in [0.4, 0.5) is 5.69 Å². The number of nitro benzene ring substituents is 1. The first-order valence-electron chi connectivity index (χ1n) is 8.86. The maximum absolute atomic E-state index is 12.6. The molecule has 0 fully saturated rings. The lowest BCUT2D eigenvalue weighted by atomic mass is 10.2. The second-order valence-corrected chi connectivity index (χ2v) is 7.07. The van der Waals surface area contributed by atoms with Gasteiger partial charge in [-0.15, -0.1) is 11.3 Å². The maximum Gasteiger partial charge on any atom is 0.287 e. The summed E-state index contributed by atoms with van der Waals surface area (Å²) < 4.78 is 0. The van der Waals surface area contributed by atoms with Gasteiger partial charge in [-0.1, -0.05) is 24.3 Å². The summed E-state index contributed by atoms with van der Waals surface area (Å²) in [7, 11) is 0. The first-order valence-corrected chi connectivity index (χ1v) is 9.74. The van der Waals surface area contributed by atoms with Gasteiger partial charge in [-0.3, -0.25) is 19.7 Å². The van der Waals surface area contributed by atoms with E-state index in [0.717, 1.165) is 29.3 Å². The fourth-order valence-corrected chi connectivity index (χ4v) is 3.09. The molecule has 156 valence electrons. The number of carbonyl (C=O) groups is 2. The Morgan fingerprint density at radius 3 is 2.55 bits per heavy atom. The lowest BCUT2D eigenvalue weighted by molar-refractivity contribution is -0.384. The average Bonchev–Trinajstić information content (AvgIpc) is 3.28. The van der Waals surface area contributed by atoms with Gasteiger partial charge in [0.1, 0.15) is 11.4 Å². The second-order valence-electron chi connectivity index (χ2n) is 6.09. The van der Waals surface area contributed by atoms with Crippen molar-refractivity contribution in [3.05, 3.63) is 97.9 Å². The molecule has 0 bridgehead atoms. The van der Waals surface area contributed by atoms with E-state index in [0.29, 0.717) is 5.56 Å². The van der Waals surface area contributed by atoms with Crippen molar-refractivity contribution >= 4 is 41.1 Å². The molecule has 9 nitrogen and oxygen atoms in total. The van der Waals surface area contributed by atoms with Crippen LogP contribution in [0.25, 0.3) is 6.08 Å². The number of non-ortho nitro benzene ring substituents is 1. The van der Waals surface area contributed by atoms with E-state index >= 15 is 0 Å². The highest BCUT2D eigenvalue weighted by Gasteiger charge is 2.15. The number of amides is 2. The molecule has 0 aliphatic carbocycles. The average molecular weight is 436 g/mol. The van der Waals surface area contributed by atoms with Gasteiger partial charge in [0.2, 0.25) is 0 Å². The highest BCUT2D eigenvalue weighted by molar-refractivity contribution is 7.10. The number of nitrogens with one attached hydrogen (secondary N) is 2. The Kier molecular flexibility index (Phi) is 6.86. The van der Waals surface area contributed by atoms with Crippen LogP contribution >= 0.6 is 11.3 Å². The normalized spacial score (nSPS) is 11.3. The van der Waals surface area contributed by atoms with Gasteiger partial charge in [-0.2, -0.15) is 5.10 Å².